The van der Waals surface area contributed by atoms with Crippen LogP contribution in [-0.2, 0) is 0 Å². The molecular weight excluding hydrogens is 212 g/mol. The molecule has 0 spiro atoms. The van der Waals surface area contributed by atoms with E-state index in [1.807, 2.05) is 6.92 Å². The molecule has 6 heteroatoms. The molecule has 5 nitrogen and oxygen atoms in total. The van der Waals surface area contributed by atoms with Crippen molar-refractivity contribution in [3.63, 3.8) is 0 Å². The highest BCUT2D eigenvalue weighted by molar-refractivity contribution is 7.18. The largest absolute Gasteiger partial charge is 0.477 e. The Hall–Kier alpha value is -1.69. The summed E-state index contributed by atoms with van der Waals surface area (Å²) >= 11 is 1.38. The molecule has 0 radical (unpaired) electrons. The van der Waals surface area contributed by atoms with Crippen molar-refractivity contribution < 1.29 is 4.74 Å². The van der Waals surface area contributed by atoms with Gasteiger partial charge in [0.15, 0.2) is 5.13 Å². The van der Waals surface area contributed by atoms with E-state index in [1.54, 1.807) is 18.6 Å². The van der Waals surface area contributed by atoms with Crippen LogP contribution in [0.3, 0.4) is 0 Å². The normalized spacial score (nSPS) is 10.2. The standard InChI is InChI=1S/C9H10N4OS/c1-2-14-8-5-11-3-6(13-8)7-4-12-9(10)15-7/h3-5H,2H2,1H3,(H2,10,12). The molecular formula is C9H10N4OS. The van der Waals surface area contributed by atoms with E-state index in [9.17, 15) is 0 Å². The average Bonchev–Trinajstić information content (AvgIpc) is 2.66. The number of ether oxygens (including phenoxy) is 1. The molecule has 0 amide bonds. The molecule has 2 heterocycles. The maximum Gasteiger partial charge on any atom is 0.232 e. The summed E-state index contributed by atoms with van der Waals surface area (Å²) in [4.78, 5) is 13.2. The Bertz CT molecular complexity index is 457. The monoisotopic (exact) mass is 222 g/mol. The quantitative estimate of drug-likeness (QED) is 0.853. The van der Waals surface area contributed by atoms with Gasteiger partial charge in [0, 0.05) is 6.20 Å². The van der Waals surface area contributed by atoms with E-state index < -0.39 is 0 Å². The molecule has 0 atom stereocenters. The molecule has 15 heavy (non-hydrogen) atoms. The molecule has 78 valence electrons. The molecule has 0 bridgehead atoms. The van der Waals surface area contributed by atoms with Gasteiger partial charge in [-0.15, -0.1) is 0 Å². The van der Waals surface area contributed by atoms with Gasteiger partial charge in [0.1, 0.15) is 5.69 Å². The Balaban J connectivity index is 2.32. The summed E-state index contributed by atoms with van der Waals surface area (Å²) in [5.41, 5.74) is 6.27. The van der Waals surface area contributed by atoms with E-state index in [4.69, 9.17) is 10.5 Å². The first-order valence-corrected chi connectivity index (χ1v) is 5.27. The summed E-state index contributed by atoms with van der Waals surface area (Å²) in [7, 11) is 0. The summed E-state index contributed by atoms with van der Waals surface area (Å²) in [6.45, 7) is 2.47. The fraction of sp³-hybridized carbons (Fsp3) is 0.222. The van der Waals surface area contributed by atoms with Crippen molar-refractivity contribution in [1.29, 1.82) is 0 Å². The van der Waals surface area contributed by atoms with Gasteiger partial charge < -0.3 is 10.5 Å². The second kappa shape index (κ2) is 4.22. The molecule has 0 saturated heterocycles. The Morgan fingerprint density at radius 1 is 1.40 bits per heavy atom. The van der Waals surface area contributed by atoms with Crippen LogP contribution in [0.15, 0.2) is 18.6 Å². The maximum absolute atomic E-state index is 5.54. The summed E-state index contributed by atoms with van der Waals surface area (Å²) in [6.07, 6.45) is 4.92. The highest BCUT2D eigenvalue weighted by atomic mass is 32.1. The predicted octanol–water partition coefficient (Wildman–Crippen LogP) is 1.58. The van der Waals surface area contributed by atoms with Gasteiger partial charge in [-0.25, -0.2) is 9.97 Å². The van der Waals surface area contributed by atoms with Crippen LogP contribution in [-0.4, -0.2) is 21.6 Å². The molecule has 2 rings (SSSR count). The second-order valence-corrected chi connectivity index (χ2v) is 3.80. The molecule has 0 unspecified atom stereocenters. The van der Waals surface area contributed by atoms with E-state index >= 15 is 0 Å². The van der Waals surface area contributed by atoms with Gasteiger partial charge in [-0.1, -0.05) is 11.3 Å². The van der Waals surface area contributed by atoms with Crippen LogP contribution in [0.4, 0.5) is 5.13 Å². The lowest BCUT2D eigenvalue weighted by Crippen LogP contribution is -1.95. The van der Waals surface area contributed by atoms with Gasteiger partial charge in [-0.2, -0.15) is 0 Å². The molecule has 0 fully saturated rings. The van der Waals surface area contributed by atoms with Gasteiger partial charge in [-0.05, 0) is 6.92 Å². The molecule has 0 aliphatic heterocycles. The van der Waals surface area contributed by atoms with Gasteiger partial charge in [0.05, 0.1) is 23.9 Å². The zero-order valence-electron chi connectivity index (χ0n) is 8.17. The number of hydrogen-bond donors (Lipinski definition) is 1. The van der Waals surface area contributed by atoms with E-state index in [-0.39, 0.29) is 0 Å². The third kappa shape index (κ3) is 2.21. The zero-order chi connectivity index (χ0) is 10.7. The number of aromatic nitrogens is 3. The first-order chi connectivity index (χ1) is 7.29. The molecule has 2 aromatic heterocycles. The Kier molecular flexibility index (Phi) is 2.77. The van der Waals surface area contributed by atoms with Crippen LogP contribution >= 0.6 is 11.3 Å². The first kappa shape index (κ1) is 9.85. The smallest absolute Gasteiger partial charge is 0.232 e. The SMILES string of the molecule is CCOc1cncc(-c2cnc(N)s2)n1. The lowest BCUT2D eigenvalue weighted by Gasteiger charge is -2.01. The van der Waals surface area contributed by atoms with Crippen molar-refractivity contribution in [2.24, 2.45) is 0 Å². The lowest BCUT2D eigenvalue weighted by molar-refractivity contribution is 0.325. The third-order valence-corrected chi connectivity index (χ3v) is 2.53. The van der Waals surface area contributed by atoms with Crippen molar-refractivity contribution in [1.82, 2.24) is 15.0 Å². The molecule has 0 aromatic carbocycles. The van der Waals surface area contributed by atoms with E-state index in [0.29, 0.717) is 17.6 Å². The number of hydrogen-bond acceptors (Lipinski definition) is 6. The third-order valence-electron chi connectivity index (χ3n) is 1.68. The summed E-state index contributed by atoms with van der Waals surface area (Å²) in [5.74, 6) is 0.516. The molecule has 0 aliphatic carbocycles. The van der Waals surface area contributed by atoms with Crippen LogP contribution in [0.2, 0.25) is 0 Å². The lowest BCUT2D eigenvalue weighted by atomic mass is 10.4. The van der Waals surface area contributed by atoms with Crippen LogP contribution in [0, 0.1) is 0 Å². The summed E-state index contributed by atoms with van der Waals surface area (Å²) in [6, 6.07) is 0. The summed E-state index contributed by atoms with van der Waals surface area (Å²) < 4.78 is 5.25. The highest BCUT2D eigenvalue weighted by Gasteiger charge is 2.05. The van der Waals surface area contributed by atoms with Gasteiger partial charge >= 0.3 is 0 Å². The number of rotatable bonds is 3. The minimum Gasteiger partial charge on any atom is -0.477 e. The number of anilines is 1. The number of nitrogens with two attached hydrogens (primary N) is 1. The van der Waals surface area contributed by atoms with Crippen molar-refractivity contribution in [3.8, 4) is 16.5 Å². The van der Waals surface area contributed by atoms with Crippen LogP contribution < -0.4 is 10.5 Å². The fourth-order valence-corrected chi connectivity index (χ4v) is 1.73. The Morgan fingerprint density at radius 2 is 2.27 bits per heavy atom. The van der Waals surface area contributed by atoms with Crippen molar-refractivity contribution in [2.75, 3.05) is 12.3 Å². The number of thiazole rings is 1. The minimum absolute atomic E-state index is 0.516. The topological polar surface area (TPSA) is 73.9 Å². The van der Waals surface area contributed by atoms with Crippen molar-refractivity contribution in [2.45, 2.75) is 6.92 Å². The van der Waals surface area contributed by atoms with Crippen LogP contribution in [0.25, 0.3) is 10.6 Å². The van der Waals surface area contributed by atoms with E-state index in [2.05, 4.69) is 15.0 Å². The van der Waals surface area contributed by atoms with E-state index in [1.165, 1.54) is 11.3 Å². The van der Waals surface area contributed by atoms with Gasteiger partial charge in [0.2, 0.25) is 5.88 Å². The van der Waals surface area contributed by atoms with Gasteiger partial charge in [0.25, 0.3) is 0 Å². The van der Waals surface area contributed by atoms with Crippen molar-refractivity contribution in [3.05, 3.63) is 18.6 Å². The summed E-state index contributed by atoms with van der Waals surface area (Å²) in [5, 5.41) is 0.522. The zero-order valence-corrected chi connectivity index (χ0v) is 8.99. The van der Waals surface area contributed by atoms with Crippen molar-refractivity contribution >= 4 is 16.5 Å². The molecule has 2 N–H and O–H groups in total. The highest BCUT2D eigenvalue weighted by Crippen LogP contribution is 2.25. The number of nitrogen functional groups attached to an aromatic ring is 1. The molecule has 0 aliphatic rings. The number of nitrogens with zero attached hydrogens (tertiary/aromatic N) is 3. The van der Waals surface area contributed by atoms with Gasteiger partial charge in [-0.3, -0.25) is 4.98 Å². The van der Waals surface area contributed by atoms with Crippen LogP contribution in [0.5, 0.6) is 5.88 Å². The second-order valence-electron chi connectivity index (χ2n) is 2.74. The minimum atomic E-state index is 0.516. The average molecular weight is 222 g/mol. The molecule has 2 aromatic rings. The first-order valence-electron chi connectivity index (χ1n) is 4.46. The van der Waals surface area contributed by atoms with E-state index in [0.717, 1.165) is 10.6 Å². The Labute approximate surface area is 91.0 Å². The maximum atomic E-state index is 5.54. The van der Waals surface area contributed by atoms with Crippen LogP contribution in [0.1, 0.15) is 6.92 Å². The fourth-order valence-electron chi connectivity index (χ4n) is 1.09. The Morgan fingerprint density at radius 3 is 2.93 bits per heavy atom. The predicted molar refractivity (Wildman–Crippen MR) is 58.7 cm³/mol. The molecule has 0 saturated carbocycles.